The molecule has 1 atom stereocenters. The molecule has 1 aromatic heterocycles. The molecule has 1 aliphatic rings. The number of pyridine rings is 1. The molecule has 1 amide bonds. The molecule has 0 aromatic carbocycles. The fraction of sp³-hybridized carbons (Fsp3) is 0.417. The maximum Gasteiger partial charge on any atom is 0.306 e. The number of carboxylic acids is 1. The topological polar surface area (TPSA) is 70.5 Å². The van der Waals surface area contributed by atoms with Gasteiger partial charge >= 0.3 is 5.97 Å². The molecule has 1 aromatic rings. The summed E-state index contributed by atoms with van der Waals surface area (Å²) in [5, 5.41) is 9.14. The van der Waals surface area contributed by atoms with Gasteiger partial charge in [-0.2, -0.15) is 0 Å². The minimum atomic E-state index is -0.826. The van der Waals surface area contributed by atoms with E-state index in [1.807, 2.05) is 0 Å². The summed E-state index contributed by atoms with van der Waals surface area (Å²) in [4.78, 5) is 28.3. The van der Waals surface area contributed by atoms with Crippen LogP contribution in [0.15, 0.2) is 18.2 Å². The third kappa shape index (κ3) is 2.46. The van der Waals surface area contributed by atoms with Crippen LogP contribution in [-0.4, -0.2) is 40.0 Å². The molecule has 1 unspecified atom stereocenters. The molecular formula is C12H13ClN2O3. The summed E-state index contributed by atoms with van der Waals surface area (Å²) in [6, 6.07) is 4.87. The zero-order valence-corrected chi connectivity index (χ0v) is 10.6. The van der Waals surface area contributed by atoms with Crippen LogP contribution in [0.4, 0.5) is 0 Å². The van der Waals surface area contributed by atoms with Gasteiger partial charge in [-0.05, 0) is 12.1 Å². The lowest BCUT2D eigenvalue weighted by molar-refractivity contribution is -0.144. The highest BCUT2D eigenvalue weighted by molar-refractivity contribution is 6.29. The van der Waals surface area contributed by atoms with Crippen molar-refractivity contribution in [2.75, 3.05) is 13.1 Å². The second-order valence-electron chi connectivity index (χ2n) is 4.44. The normalized spacial score (nSPS) is 17.1. The number of carbonyl (C=O) groups is 2. The fourth-order valence-electron chi connectivity index (χ4n) is 1.89. The molecule has 6 heteroatoms. The maximum atomic E-state index is 12.0. The summed E-state index contributed by atoms with van der Waals surface area (Å²) in [6.45, 7) is 2.58. The molecule has 0 radical (unpaired) electrons. The Labute approximate surface area is 109 Å². The number of rotatable bonds is 3. The SMILES string of the molecule is CC(C(=O)O)C1CN(C(=O)c2cccc(Cl)n2)C1. The Morgan fingerprint density at radius 3 is 2.72 bits per heavy atom. The summed E-state index contributed by atoms with van der Waals surface area (Å²) < 4.78 is 0. The van der Waals surface area contributed by atoms with E-state index in [9.17, 15) is 9.59 Å². The van der Waals surface area contributed by atoms with E-state index in [1.165, 1.54) is 0 Å². The quantitative estimate of drug-likeness (QED) is 0.844. The smallest absolute Gasteiger partial charge is 0.306 e. The van der Waals surface area contributed by atoms with Gasteiger partial charge < -0.3 is 10.0 Å². The van der Waals surface area contributed by atoms with Crippen molar-refractivity contribution in [3.05, 3.63) is 29.0 Å². The number of aromatic nitrogens is 1. The van der Waals surface area contributed by atoms with Gasteiger partial charge in [0.05, 0.1) is 5.92 Å². The van der Waals surface area contributed by atoms with Gasteiger partial charge in [-0.1, -0.05) is 24.6 Å². The number of nitrogens with zero attached hydrogens (tertiary/aromatic N) is 2. The summed E-state index contributed by atoms with van der Waals surface area (Å²) >= 11 is 5.72. The van der Waals surface area contributed by atoms with Crippen molar-refractivity contribution in [1.29, 1.82) is 0 Å². The van der Waals surface area contributed by atoms with Gasteiger partial charge in [0.1, 0.15) is 10.8 Å². The molecule has 1 saturated heterocycles. The van der Waals surface area contributed by atoms with Gasteiger partial charge in [-0.3, -0.25) is 9.59 Å². The van der Waals surface area contributed by atoms with E-state index >= 15 is 0 Å². The number of amides is 1. The highest BCUT2D eigenvalue weighted by Crippen LogP contribution is 2.25. The number of likely N-dealkylation sites (tertiary alicyclic amines) is 1. The third-order valence-corrected chi connectivity index (χ3v) is 3.44. The number of carbonyl (C=O) groups excluding carboxylic acids is 1. The Bertz CT molecular complexity index is 486. The molecule has 2 heterocycles. The van der Waals surface area contributed by atoms with Crippen molar-refractivity contribution in [2.24, 2.45) is 11.8 Å². The van der Waals surface area contributed by atoms with E-state index in [4.69, 9.17) is 16.7 Å². The lowest BCUT2D eigenvalue weighted by Gasteiger charge is -2.41. The molecule has 1 N–H and O–H groups in total. The van der Waals surface area contributed by atoms with Crippen molar-refractivity contribution < 1.29 is 14.7 Å². The van der Waals surface area contributed by atoms with Crippen molar-refractivity contribution >= 4 is 23.5 Å². The Morgan fingerprint density at radius 1 is 1.50 bits per heavy atom. The summed E-state index contributed by atoms with van der Waals surface area (Å²) in [7, 11) is 0. The van der Waals surface area contributed by atoms with Gasteiger partial charge in [0, 0.05) is 19.0 Å². The van der Waals surface area contributed by atoms with Crippen molar-refractivity contribution in [1.82, 2.24) is 9.88 Å². The molecule has 0 saturated carbocycles. The molecule has 96 valence electrons. The minimum absolute atomic E-state index is 0.0191. The zero-order valence-electron chi connectivity index (χ0n) is 9.84. The standard InChI is InChI=1S/C12H13ClN2O3/c1-7(12(17)18)8-5-15(6-8)11(16)9-3-2-4-10(13)14-9/h2-4,7-8H,5-6H2,1H3,(H,17,18). The summed E-state index contributed by atoms with van der Waals surface area (Å²) in [5.74, 6) is -1.44. The maximum absolute atomic E-state index is 12.0. The molecular weight excluding hydrogens is 256 g/mol. The Morgan fingerprint density at radius 2 is 2.17 bits per heavy atom. The zero-order chi connectivity index (χ0) is 13.3. The third-order valence-electron chi connectivity index (χ3n) is 3.23. The number of hydrogen-bond acceptors (Lipinski definition) is 3. The number of hydrogen-bond donors (Lipinski definition) is 1. The fourth-order valence-corrected chi connectivity index (χ4v) is 2.05. The van der Waals surface area contributed by atoms with E-state index in [1.54, 1.807) is 30.0 Å². The molecule has 0 aliphatic carbocycles. The first-order valence-corrected chi connectivity index (χ1v) is 6.01. The Hall–Kier alpha value is -1.62. The van der Waals surface area contributed by atoms with E-state index in [2.05, 4.69) is 4.98 Å². The molecule has 0 bridgehead atoms. The van der Waals surface area contributed by atoms with E-state index in [-0.39, 0.29) is 17.0 Å². The average molecular weight is 269 g/mol. The van der Waals surface area contributed by atoms with E-state index in [0.29, 0.717) is 18.8 Å². The van der Waals surface area contributed by atoms with Crippen LogP contribution in [0.25, 0.3) is 0 Å². The second kappa shape index (κ2) is 4.94. The molecule has 18 heavy (non-hydrogen) atoms. The van der Waals surface area contributed by atoms with Crippen LogP contribution >= 0.6 is 11.6 Å². The first-order valence-electron chi connectivity index (χ1n) is 5.63. The number of aliphatic carboxylic acids is 1. The van der Waals surface area contributed by atoms with Crippen LogP contribution in [0.3, 0.4) is 0 Å². The molecule has 2 rings (SSSR count). The molecule has 5 nitrogen and oxygen atoms in total. The number of carboxylic acid groups (broad SMARTS) is 1. The van der Waals surface area contributed by atoms with Gasteiger partial charge in [0.15, 0.2) is 0 Å². The van der Waals surface area contributed by atoms with Crippen LogP contribution in [0.1, 0.15) is 17.4 Å². The van der Waals surface area contributed by atoms with Crippen molar-refractivity contribution in [2.45, 2.75) is 6.92 Å². The van der Waals surface area contributed by atoms with Gasteiger partial charge in [-0.25, -0.2) is 4.98 Å². The van der Waals surface area contributed by atoms with Crippen LogP contribution in [-0.2, 0) is 4.79 Å². The van der Waals surface area contributed by atoms with Gasteiger partial charge in [0.2, 0.25) is 0 Å². The Balaban J connectivity index is 1.96. The van der Waals surface area contributed by atoms with Crippen LogP contribution in [0, 0.1) is 11.8 Å². The molecule has 0 spiro atoms. The predicted octanol–water partition coefficient (Wildman–Crippen LogP) is 1.53. The highest BCUT2D eigenvalue weighted by atomic mass is 35.5. The minimum Gasteiger partial charge on any atom is -0.481 e. The van der Waals surface area contributed by atoms with Crippen LogP contribution < -0.4 is 0 Å². The van der Waals surface area contributed by atoms with Gasteiger partial charge in [-0.15, -0.1) is 0 Å². The second-order valence-corrected chi connectivity index (χ2v) is 4.83. The first kappa shape index (κ1) is 12.8. The highest BCUT2D eigenvalue weighted by Gasteiger charge is 2.37. The largest absolute Gasteiger partial charge is 0.481 e. The van der Waals surface area contributed by atoms with Crippen molar-refractivity contribution in [3.8, 4) is 0 Å². The summed E-state index contributed by atoms with van der Waals surface area (Å²) in [5.41, 5.74) is 0.295. The number of halogens is 1. The van der Waals surface area contributed by atoms with E-state index in [0.717, 1.165) is 0 Å². The molecule has 1 fully saturated rings. The monoisotopic (exact) mass is 268 g/mol. The lowest BCUT2D eigenvalue weighted by Crippen LogP contribution is -2.53. The first-order chi connectivity index (χ1) is 8.49. The summed E-state index contributed by atoms with van der Waals surface area (Å²) in [6.07, 6.45) is 0. The van der Waals surface area contributed by atoms with Crippen LogP contribution in [0.2, 0.25) is 5.15 Å². The predicted molar refractivity (Wildman–Crippen MR) is 65.4 cm³/mol. The molecule has 1 aliphatic heterocycles. The lowest BCUT2D eigenvalue weighted by atomic mass is 9.87. The Kier molecular flexibility index (Phi) is 3.52. The van der Waals surface area contributed by atoms with Crippen molar-refractivity contribution in [3.63, 3.8) is 0 Å². The van der Waals surface area contributed by atoms with Gasteiger partial charge in [0.25, 0.3) is 5.91 Å². The van der Waals surface area contributed by atoms with Crippen LogP contribution in [0.5, 0.6) is 0 Å². The average Bonchev–Trinajstić information content (AvgIpc) is 2.26. The van der Waals surface area contributed by atoms with E-state index < -0.39 is 11.9 Å².